The van der Waals surface area contributed by atoms with Gasteiger partial charge in [-0.2, -0.15) is 12.7 Å². The van der Waals surface area contributed by atoms with Gasteiger partial charge >= 0.3 is 9.24 Å². The number of benzene rings is 1. The van der Waals surface area contributed by atoms with Crippen LogP contribution < -0.4 is 5.19 Å². The van der Waals surface area contributed by atoms with Gasteiger partial charge in [0, 0.05) is 21.6 Å². The van der Waals surface area contributed by atoms with E-state index in [1.807, 2.05) is 32.0 Å². The fourth-order valence-corrected chi connectivity index (χ4v) is 10.4. The van der Waals surface area contributed by atoms with Crippen molar-refractivity contribution in [2.45, 2.75) is 77.1 Å². The highest BCUT2D eigenvalue weighted by molar-refractivity contribution is 8.12. The van der Waals surface area contributed by atoms with Crippen LogP contribution in [0.5, 0.6) is 0 Å². The Labute approximate surface area is 182 Å². The Balaban J connectivity index is 2.74. The standard InChI is InChI=1S/C20H34ClNO4SSi2/c1-15-17(23)22(27(21,24)25)18(26-29(8,9)19(2,3)4)20(15,5)28(6,7)16-13-11-10-12-14-16/h10-15,18H,1-9H3/t15-,18-,20+/m0/s1. The van der Waals surface area contributed by atoms with Crippen molar-refractivity contribution >= 4 is 47.4 Å². The Hall–Kier alpha value is -0.676. The predicted molar refractivity (Wildman–Crippen MR) is 125 cm³/mol. The van der Waals surface area contributed by atoms with Crippen molar-refractivity contribution < 1.29 is 17.6 Å². The molecule has 1 heterocycles. The third-order valence-corrected chi connectivity index (χ3v) is 18.4. The number of halogens is 1. The zero-order valence-electron chi connectivity index (χ0n) is 18.9. The molecule has 1 aliphatic heterocycles. The molecule has 1 aromatic carbocycles. The fraction of sp³-hybridized carbons (Fsp3) is 0.650. The molecule has 3 atom stereocenters. The van der Waals surface area contributed by atoms with Gasteiger partial charge in [0.05, 0.1) is 8.07 Å². The number of carbonyl (C=O) groups is 1. The summed E-state index contributed by atoms with van der Waals surface area (Å²) in [6.07, 6.45) is -0.921. The summed E-state index contributed by atoms with van der Waals surface area (Å²) in [4.78, 5) is 13.2. The van der Waals surface area contributed by atoms with Gasteiger partial charge in [0.1, 0.15) is 6.23 Å². The van der Waals surface area contributed by atoms with E-state index in [4.69, 9.17) is 15.1 Å². The van der Waals surface area contributed by atoms with E-state index in [0.717, 1.165) is 9.49 Å². The van der Waals surface area contributed by atoms with Crippen LogP contribution in [0.2, 0.25) is 36.3 Å². The summed E-state index contributed by atoms with van der Waals surface area (Å²) in [6.45, 7) is 18.6. The first-order valence-corrected chi connectivity index (χ1v) is 18.1. The van der Waals surface area contributed by atoms with Gasteiger partial charge in [0.2, 0.25) is 5.91 Å². The number of rotatable bonds is 5. The van der Waals surface area contributed by atoms with E-state index in [-0.39, 0.29) is 5.04 Å². The van der Waals surface area contributed by atoms with E-state index in [9.17, 15) is 13.2 Å². The summed E-state index contributed by atoms with van der Waals surface area (Å²) >= 11 is 0. The third-order valence-electron chi connectivity index (χ3n) is 7.50. The molecule has 2 rings (SSSR count). The average molecular weight is 476 g/mol. The summed E-state index contributed by atoms with van der Waals surface area (Å²) in [5.41, 5.74) is 0. The molecule has 5 nitrogen and oxygen atoms in total. The molecule has 0 N–H and O–H groups in total. The number of hydrogen-bond donors (Lipinski definition) is 0. The molecule has 0 unspecified atom stereocenters. The van der Waals surface area contributed by atoms with E-state index >= 15 is 0 Å². The molecule has 0 spiro atoms. The molecule has 9 heteroatoms. The Bertz CT molecular complexity index is 883. The monoisotopic (exact) mass is 475 g/mol. The molecule has 164 valence electrons. The van der Waals surface area contributed by atoms with Crippen LogP contribution in [-0.2, 0) is 18.5 Å². The van der Waals surface area contributed by atoms with Crippen molar-refractivity contribution in [1.82, 2.24) is 4.31 Å². The maximum absolute atomic E-state index is 13.2. The molecule has 1 amide bonds. The lowest BCUT2D eigenvalue weighted by Gasteiger charge is -2.50. The minimum atomic E-state index is -4.29. The van der Waals surface area contributed by atoms with Gasteiger partial charge in [-0.15, -0.1) is 0 Å². The van der Waals surface area contributed by atoms with Crippen molar-refractivity contribution in [2.24, 2.45) is 5.92 Å². The van der Waals surface area contributed by atoms with Gasteiger partial charge < -0.3 is 4.43 Å². The van der Waals surface area contributed by atoms with Crippen LogP contribution in [0, 0.1) is 5.92 Å². The van der Waals surface area contributed by atoms with E-state index < -0.39 is 48.7 Å². The second-order valence-corrected chi connectivity index (χ2v) is 22.4. The van der Waals surface area contributed by atoms with Crippen molar-refractivity contribution in [1.29, 1.82) is 0 Å². The first-order chi connectivity index (χ1) is 12.9. The number of carbonyl (C=O) groups excluding carboxylic acids is 1. The lowest BCUT2D eigenvalue weighted by atomic mass is 9.97. The number of hydrogen-bond acceptors (Lipinski definition) is 4. The van der Waals surface area contributed by atoms with E-state index in [0.29, 0.717) is 0 Å². The van der Waals surface area contributed by atoms with Gasteiger partial charge in [-0.25, -0.2) is 0 Å². The van der Waals surface area contributed by atoms with Crippen LogP contribution >= 0.6 is 10.7 Å². The molecule has 1 fully saturated rings. The van der Waals surface area contributed by atoms with Crippen LogP contribution in [-0.4, -0.2) is 41.2 Å². The van der Waals surface area contributed by atoms with Crippen LogP contribution in [0.3, 0.4) is 0 Å². The summed E-state index contributed by atoms with van der Waals surface area (Å²) in [5, 5.41) is 0.311. The van der Waals surface area contributed by atoms with Gasteiger partial charge in [-0.3, -0.25) is 4.79 Å². The third kappa shape index (κ3) is 3.98. The molecule has 29 heavy (non-hydrogen) atoms. The van der Waals surface area contributed by atoms with Crippen LogP contribution in [0.1, 0.15) is 34.6 Å². The molecular weight excluding hydrogens is 442 g/mol. The van der Waals surface area contributed by atoms with Crippen molar-refractivity contribution in [3.63, 3.8) is 0 Å². The fourth-order valence-electron chi connectivity index (χ4n) is 3.88. The molecule has 0 radical (unpaired) electrons. The first kappa shape index (κ1) is 24.6. The normalized spacial score (nSPS) is 26.8. The maximum Gasteiger partial charge on any atom is 0.326 e. The second kappa shape index (κ2) is 7.48. The average Bonchev–Trinajstić information content (AvgIpc) is 2.76. The summed E-state index contributed by atoms with van der Waals surface area (Å²) in [5.74, 6) is -1.02. The smallest absolute Gasteiger partial charge is 0.326 e. The number of nitrogens with zero attached hydrogens (tertiary/aromatic N) is 1. The van der Waals surface area contributed by atoms with Gasteiger partial charge in [-0.05, 0) is 18.1 Å². The van der Waals surface area contributed by atoms with E-state index in [1.54, 1.807) is 0 Å². The Morgan fingerprint density at radius 1 is 1.10 bits per heavy atom. The highest BCUT2D eigenvalue weighted by Crippen LogP contribution is 2.58. The zero-order chi connectivity index (χ0) is 22.6. The quantitative estimate of drug-likeness (QED) is 0.458. The van der Waals surface area contributed by atoms with Gasteiger partial charge in [0.15, 0.2) is 8.32 Å². The lowest BCUT2D eigenvalue weighted by Crippen LogP contribution is -2.61. The van der Waals surface area contributed by atoms with Crippen molar-refractivity contribution in [3.8, 4) is 0 Å². The minimum absolute atomic E-state index is 0.150. The SMILES string of the molecule is C[C@H]1C(=O)N(S(=O)(=O)Cl)[C@@H](O[Si](C)(C)C(C)(C)C)[C@]1(C)[Si](C)(C)c1ccccc1. The molecular formula is C20H34ClNO4SSi2. The molecule has 0 aliphatic carbocycles. The van der Waals surface area contributed by atoms with E-state index in [1.165, 1.54) is 0 Å². The maximum atomic E-state index is 13.2. The summed E-state index contributed by atoms with van der Waals surface area (Å²) in [6, 6.07) is 10.0. The number of amides is 1. The zero-order valence-corrected chi connectivity index (χ0v) is 22.5. The minimum Gasteiger partial charge on any atom is -0.396 e. The Morgan fingerprint density at radius 3 is 2.00 bits per heavy atom. The van der Waals surface area contributed by atoms with Gasteiger partial charge in [-0.1, -0.05) is 83.2 Å². The van der Waals surface area contributed by atoms with Crippen LogP contribution in [0.4, 0.5) is 0 Å². The topological polar surface area (TPSA) is 63.7 Å². The second-order valence-electron chi connectivity index (χ2n) is 10.3. The van der Waals surface area contributed by atoms with Crippen LogP contribution in [0.25, 0.3) is 0 Å². The molecule has 1 aliphatic rings. The summed E-state index contributed by atoms with van der Waals surface area (Å²) < 4.78 is 32.5. The lowest BCUT2D eigenvalue weighted by molar-refractivity contribution is -0.128. The van der Waals surface area contributed by atoms with Crippen molar-refractivity contribution in [3.05, 3.63) is 30.3 Å². The molecule has 1 saturated heterocycles. The summed E-state index contributed by atoms with van der Waals surface area (Å²) in [7, 11) is -3.32. The first-order valence-electron chi connectivity index (χ1n) is 9.90. The van der Waals surface area contributed by atoms with E-state index in [2.05, 4.69) is 59.1 Å². The van der Waals surface area contributed by atoms with Crippen LogP contribution in [0.15, 0.2) is 30.3 Å². The largest absolute Gasteiger partial charge is 0.396 e. The highest BCUT2D eigenvalue weighted by Gasteiger charge is 2.66. The molecule has 0 saturated carbocycles. The Morgan fingerprint density at radius 2 is 1.59 bits per heavy atom. The Kier molecular flexibility index (Phi) is 6.34. The van der Waals surface area contributed by atoms with Crippen molar-refractivity contribution in [2.75, 3.05) is 0 Å². The molecule has 1 aromatic rings. The predicted octanol–water partition coefficient (Wildman–Crippen LogP) is 4.67. The molecule has 0 aromatic heterocycles. The molecule has 0 bridgehead atoms. The van der Waals surface area contributed by atoms with Gasteiger partial charge in [0.25, 0.3) is 0 Å². The highest BCUT2D eigenvalue weighted by atomic mass is 35.7.